The first-order valence-electron chi connectivity index (χ1n) is 2.97. The van der Waals surface area contributed by atoms with Gasteiger partial charge in [0.15, 0.2) is 0 Å². The van der Waals surface area contributed by atoms with E-state index in [1.54, 1.807) is 0 Å². The van der Waals surface area contributed by atoms with Crippen molar-refractivity contribution in [3.05, 3.63) is 38.5 Å². The Morgan fingerprint density at radius 3 is 2.92 bits per heavy atom. The molecule has 1 aromatic heterocycles. The largest absolute Gasteiger partial charge is 0.433 e. The van der Waals surface area contributed by atoms with Crippen molar-refractivity contribution in [2.45, 2.75) is 0 Å². The summed E-state index contributed by atoms with van der Waals surface area (Å²) in [6, 6.07) is 0.886. The number of carbonyl (C=O) groups is 1. The normalized spacial score (nSPS) is 8.92. The summed E-state index contributed by atoms with van der Waals surface area (Å²) in [5.41, 5.74) is 7.74. The average molecular weight is 182 g/mol. The second-order valence-corrected chi connectivity index (χ2v) is 1.93. The molecule has 0 aliphatic rings. The van der Waals surface area contributed by atoms with E-state index in [1.807, 2.05) is 0 Å². The lowest BCUT2D eigenvalue weighted by atomic mass is 10.3. The quantitative estimate of drug-likeness (QED) is 0.226. The molecule has 0 radical (unpaired) electrons. The Morgan fingerprint density at radius 2 is 2.46 bits per heavy atom. The fourth-order valence-electron chi connectivity index (χ4n) is 0.631. The highest BCUT2D eigenvalue weighted by Gasteiger charge is 2.15. The molecule has 0 saturated heterocycles. The van der Waals surface area contributed by atoms with Crippen molar-refractivity contribution >= 4 is 11.8 Å². The van der Waals surface area contributed by atoms with Crippen LogP contribution >= 0.6 is 0 Å². The zero-order valence-corrected chi connectivity index (χ0v) is 6.08. The van der Waals surface area contributed by atoms with Gasteiger partial charge in [0.2, 0.25) is 0 Å². The van der Waals surface area contributed by atoms with Crippen LogP contribution in [0.5, 0.6) is 0 Å². The zero-order chi connectivity index (χ0) is 9.84. The van der Waals surface area contributed by atoms with Crippen LogP contribution in [0.4, 0.5) is 5.88 Å². The van der Waals surface area contributed by atoms with Gasteiger partial charge in [-0.25, -0.2) is 0 Å². The zero-order valence-electron chi connectivity index (χ0n) is 6.08. The maximum absolute atomic E-state index is 10.8. The molecule has 0 spiro atoms. The predicted octanol–water partition coefficient (Wildman–Crippen LogP) is 1.64. The van der Waals surface area contributed by atoms with Gasteiger partial charge < -0.3 is 4.42 Å². The van der Waals surface area contributed by atoms with E-state index in [9.17, 15) is 14.9 Å². The average Bonchev–Trinajstić information content (AvgIpc) is 2.52. The summed E-state index contributed by atoms with van der Waals surface area (Å²) < 4.78 is 4.39. The standard InChI is InChI=1S/C5H2N4O4/c6-8-7-5(10)3-1-4(9(11)12)13-2-3/h1-2H. The maximum atomic E-state index is 10.8. The molecule has 13 heavy (non-hydrogen) atoms. The fraction of sp³-hybridized carbons (Fsp3) is 0. The molecule has 0 N–H and O–H groups in total. The number of amides is 1. The molecule has 1 aromatic rings. The van der Waals surface area contributed by atoms with Crippen molar-refractivity contribution in [2.24, 2.45) is 5.11 Å². The van der Waals surface area contributed by atoms with E-state index >= 15 is 0 Å². The highest BCUT2D eigenvalue weighted by Crippen LogP contribution is 2.16. The van der Waals surface area contributed by atoms with Gasteiger partial charge in [0.05, 0.1) is 11.6 Å². The van der Waals surface area contributed by atoms with Crippen molar-refractivity contribution in [2.75, 3.05) is 0 Å². The van der Waals surface area contributed by atoms with Crippen LogP contribution < -0.4 is 0 Å². The Hall–Kier alpha value is -2.34. The summed E-state index contributed by atoms with van der Waals surface area (Å²) in [4.78, 5) is 22.3. The lowest BCUT2D eigenvalue weighted by Crippen LogP contribution is -1.89. The molecule has 0 bridgehead atoms. The lowest BCUT2D eigenvalue weighted by Gasteiger charge is -1.79. The highest BCUT2D eigenvalue weighted by molar-refractivity contribution is 5.94. The summed E-state index contributed by atoms with van der Waals surface area (Å²) >= 11 is 0. The lowest BCUT2D eigenvalue weighted by molar-refractivity contribution is -0.402. The minimum absolute atomic E-state index is 0.149. The molecule has 0 aliphatic heterocycles. The van der Waals surface area contributed by atoms with Gasteiger partial charge in [0.25, 0.3) is 5.91 Å². The van der Waals surface area contributed by atoms with E-state index in [-0.39, 0.29) is 5.56 Å². The van der Waals surface area contributed by atoms with Gasteiger partial charge in [0.1, 0.15) is 11.2 Å². The first-order chi connectivity index (χ1) is 6.15. The molecule has 1 heterocycles. The first-order valence-corrected chi connectivity index (χ1v) is 2.97. The van der Waals surface area contributed by atoms with E-state index in [0.717, 1.165) is 12.3 Å². The first kappa shape index (κ1) is 8.75. The minimum atomic E-state index is -0.917. The Bertz CT molecular complexity index is 402. The van der Waals surface area contributed by atoms with E-state index in [0.29, 0.717) is 0 Å². The molecule has 0 fully saturated rings. The molecule has 0 saturated carbocycles. The van der Waals surface area contributed by atoms with Crippen LogP contribution in [0.3, 0.4) is 0 Å². The van der Waals surface area contributed by atoms with Crippen molar-refractivity contribution in [1.29, 1.82) is 0 Å². The summed E-state index contributed by atoms with van der Waals surface area (Å²) in [5.74, 6) is -1.49. The predicted molar refractivity (Wildman–Crippen MR) is 38.8 cm³/mol. The molecular weight excluding hydrogens is 180 g/mol. The Labute approximate surface area is 70.5 Å². The molecule has 0 unspecified atom stereocenters. The fourth-order valence-corrected chi connectivity index (χ4v) is 0.631. The number of hydrogen-bond acceptors (Lipinski definition) is 4. The summed E-state index contributed by atoms with van der Waals surface area (Å²) in [6.07, 6.45) is 0.856. The van der Waals surface area contributed by atoms with Gasteiger partial charge in [-0.05, 0) is 10.6 Å². The molecule has 1 amide bonds. The summed E-state index contributed by atoms with van der Waals surface area (Å²) in [6.45, 7) is 0. The van der Waals surface area contributed by atoms with Gasteiger partial charge in [-0.3, -0.25) is 14.9 Å². The monoisotopic (exact) mass is 182 g/mol. The minimum Gasteiger partial charge on any atom is -0.408 e. The Morgan fingerprint density at radius 1 is 1.77 bits per heavy atom. The number of furan rings is 1. The van der Waals surface area contributed by atoms with Crippen LogP contribution in [-0.2, 0) is 0 Å². The van der Waals surface area contributed by atoms with Crippen LogP contribution in [0, 0.1) is 10.1 Å². The third-order valence-corrected chi connectivity index (χ3v) is 1.15. The maximum Gasteiger partial charge on any atom is 0.433 e. The van der Waals surface area contributed by atoms with Crippen LogP contribution in [0.2, 0.25) is 0 Å². The third kappa shape index (κ3) is 1.82. The Kier molecular flexibility index (Phi) is 2.27. The third-order valence-electron chi connectivity index (χ3n) is 1.15. The number of azide groups is 1. The van der Waals surface area contributed by atoms with Crippen molar-refractivity contribution in [3.8, 4) is 0 Å². The van der Waals surface area contributed by atoms with E-state index in [1.165, 1.54) is 0 Å². The summed E-state index contributed by atoms with van der Waals surface area (Å²) in [5, 5.41) is 12.8. The van der Waals surface area contributed by atoms with Crippen LogP contribution in [0.1, 0.15) is 10.4 Å². The molecule has 8 nitrogen and oxygen atoms in total. The molecular formula is C5H2N4O4. The molecule has 0 atom stereocenters. The molecule has 8 heteroatoms. The number of nitrogens with zero attached hydrogens (tertiary/aromatic N) is 4. The smallest absolute Gasteiger partial charge is 0.408 e. The van der Waals surface area contributed by atoms with Crippen LogP contribution in [0.15, 0.2) is 21.9 Å². The van der Waals surface area contributed by atoms with Gasteiger partial charge in [0, 0.05) is 4.91 Å². The number of rotatable bonds is 2. The van der Waals surface area contributed by atoms with Crippen LogP contribution in [-0.4, -0.2) is 10.8 Å². The second kappa shape index (κ2) is 3.37. The van der Waals surface area contributed by atoms with E-state index < -0.39 is 16.7 Å². The van der Waals surface area contributed by atoms with Gasteiger partial charge in [-0.15, -0.1) is 0 Å². The topological polar surface area (TPSA) is 122 Å². The van der Waals surface area contributed by atoms with Gasteiger partial charge in [-0.1, -0.05) is 0 Å². The van der Waals surface area contributed by atoms with Crippen molar-refractivity contribution in [1.82, 2.24) is 0 Å². The Balaban J connectivity index is 2.98. The van der Waals surface area contributed by atoms with E-state index in [2.05, 4.69) is 14.4 Å². The molecule has 0 aliphatic carbocycles. The second-order valence-electron chi connectivity index (χ2n) is 1.93. The van der Waals surface area contributed by atoms with Gasteiger partial charge in [-0.2, -0.15) is 0 Å². The molecule has 66 valence electrons. The number of carbonyl (C=O) groups excluding carboxylic acids is 1. The highest BCUT2D eigenvalue weighted by atomic mass is 16.6. The SMILES string of the molecule is [N-]=[N+]=NC(=O)c1coc([N+](=O)[O-])c1. The number of hydrogen-bond donors (Lipinski definition) is 0. The van der Waals surface area contributed by atoms with Crippen molar-refractivity contribution < 1.29 is 14.1 Å². The number of nitro groups is 1. The molecule has 1 rings (SSSR count). The van der Waals surface area contributed by atoms with Gasteiger partial charge >= 0.3 is 5.88 Å². The van der Waals surface area contributed by atoms with Crippen LogP contribution in [0.25, 0.3) is 10.4 Å². The summed E-state index contributed by atoms with van der Waals surface area (Å²) in [7, 11) is 0. The van der Waals surface area contributed by atoms with E-state index in [4.69, 9.17) is 5.53 Å². The molecule has 0 aromatic carbocycles. The van der Waals surface area contributed by atoms with Crippen molar-refractivity contribution in [3.63, 3.8) is 0 Å².